The first-order valence-corrected chi connectivity index (χ1v) is 7.88. The summed E-state index contributed by atoms with van der Waals surface area (Å²) in [5, 5.41) is 3.57. The van der Waals surface area contributed by atoms with Crippen LogP contribution in [0.2, 0.25) is 0 Å². The number of benzene rings is 1. The third-order valence-electron chi connectivity index (χ3n) is 3.23. The van der Waals surface area contributed by atoms with Crippen LogP contribution in [0.4, 0.5) is 0 Å². The first kappa shape index (κ1) is 15.0. The number of nitrogens with zero attached hydrogens (tertiary/aromatic N) is 1. The van der Waals surface area contributed by atoms with Crippen LogP contribution in [0, 0.1) is 0 Å². The summed E-state index contributed by atoms with van der Waals surface area (Å²) >= 11 is 1.79. The van der Waals surface area contributed by atoms with Crippen LogP contribution in [0.3, 0.4) is 0 Å². The monoisotopic (exact) mass is 291 g/mol. The fourth-order valence-corrected chi connectivity index (χ4v) is 3.21. The zero-order valence-electron chi connectivity index (χ0n) is 12.1. The molecule has 108 valence electrons. The van der Waals surface area contributed by atoms with Gasteiger partial charge in [-0.25, -0.2) is 0 Å². The summed E-state index contributed by atoms with van der Waals surface area (Å²) in [7, 11) is 2.09. The molecular weight excluding hydrogens is 270 g/mol. The number of hydrogen-bond donors (Lipinski definition) is 0. The van der Waals surface area contributed by atoms with Crippen molar-refractivity contribution in [2.45, 2.75) is 26.3 Å². The van der Waals surface area contributed by atoms with E-state index in [0.29, 0.717) is 13.0 Å². The summed E-state index contributed by atoms with van der Waals surface area (Å²) < 4.78 is 6.27. The van der Waals surface area contributed by atoms with Crippen LogP contribution in [0.25, 0.3) is 10.1 Å². The Morgan fingerprint density at radius 1 is 1.35 bits per heavy atom. The van der Waals surface area contributed by atoms with Gasteiger partial charge in [0.05, 0.1) is 6.61 Å². The second-order valence-electron chi connectivity index (χ2n) is 4.90. The van der Waals surface area contributed by atoms with Gasteiger partial charge in [0.1, 0.15) is 0 Å². The van der Waals surface area contributed by atoms with Gasteiger partial charge in [0.2, 0.25) is 0 Å². The highest BCUT2D eigenvalue weighted by atomic mass is 32.1. The maximum atomic E-state index is 11.3. The quantitative estimate of drug-likeness (QED) is 0.729. The third-order valence-corrected chi connectivity index (χ3v) is 4.24. The summed E-state index contributed by atoms with van der Waals surface area (Å²) in [5.74, 6) is -0.0955. The largest absolute Gasteiger partial charge is 0.466 e. The predicted octanol–water partition coefficient (Wildman–Crippen LogP) is 3.68. The number of thiophene rings is 1. The number of esters is 1. The summed E-state index contributed by atoms with van der Waals surface area (Å²) in [4.78, 5) is 13.5. The van der Waals surface area contributed by atoms with Crippen LogP contribution in [0.1, 0.15) is 25.3 Å². The van der Waals surface area contributed by atoms with Crippen molar-refractivity contribution in [1.82, 2.24) is 4.90 Å². The fourth-order valence-electron chi connectivity index (χ4n) is 2.25. The van der Waals surface area contributed by atoms with Crippen molar-refractivity contribution in [3.63, 3.8) is 0 Å². The van der Waals surface area contributed by atoms with E-state index in [1.165, 1.54) is 15.6 Å². The topological polar surface area (TPSA) is 29.5 Å². The van der Waals surface area contributed by atoms with E-state index < -0.39 is 0 Å². The molecule has 1 aromatic carbocycles. The smallest absolute Gasteiger partial charge is 0.305 e. The molecule has 3 nitrogen and oxygen atoms in total. The number of carbonyl (C=O) groups excluding carboxylic acids is 1. The van der Waals surface area contributed by atoms with Gasteiger partial charge in [0.25, 0.3) is 0 Å². The molecule has 0 atom stereocenters. The molecule has 4 heteroatoms. The summed E-state index contributed by atoms with van der Waals surface area (Å²) in [6.45, 7) is 4.14. The normalized spacial score (nSPS) is 11.2. The second kappa shape index (κ2) is 7.41. The Morgan fingerprint density at radius 3 is 2.95 bits per heavy atom. The van der Waals surface area contributed by atoms with Gasteiger partial charge in [-0.1, -0.05) is 18.2 Å². The predicted molar refractivity (Wildman–Crippen MR) is 84.0 cm³/mol. The molecule has 0 bridgehead atoms. The zero-order chi connectivity index (χ0) is 14.4. The molecule has 2 aromatic rings. The van der Waals surface area contributed by atoms with Crippen LogP contribution >= 0.6 is 11.3 Å². The lowest BCUT2D eigenvalue weighted by atomic mass is 10.1. The molecule has 0 saturated carbocycles. The van der Waals surface area contributed by atoms with E-state index >= 15 is 0 Å². The van der Waals surface area contributed by atoms with Gasteiger partial charge >= 0.3 is 5.97 Å². The van der Waals surface area contributed by atoms with Gasteiger partial charge in [-0.3, -0.25) is 4.79 Å². The number of hydrogen-bond acceptors (Lipinski definition) is 4. The van der Waals surface area contributed by atoms with E-state index in [0.717, 1.165) is 19.5 Å². The third kappa shape index (κ3) is 4.05. The van der Waals surface area contributed by atoms with E-state index in [9.17, 15) is 4.79 Å². The van der Waals surface area contributed by atoms with Crippen molar-refractivity contribution >= 4 is 27.4 Å². The molecule has 0 aliphatic rings. The summed E-state index contributed by atoms with van der Waals surface area (Å²) in [5.41, 5.74) is 1.37. The minimum Gasteiger partial charge on any atom is -0.466 e. The van der Waals surface area contributed by atoms with Crippen LogP contribution in [0.15, 0.2) is 29.6 Å². The van der Waals surface area contributed by atoms with Gasteiger partial charge < -0.3 is 9.64 Å². The molecule has 0 aliphatic heterocycles. The van der Waals surface area contributed by atoms with E-state index in [4.69, 9.17) is 4.74 Å². The Hall–Kier alpha value is -1.39. The Balaban J connectivity index is 1.82. The van der Waals surface area contributed by atoms with Gasteiger partial charge in [-0.05, 0) is 49.3 Å². The molecule has 0 unspecified atom stereocenters. The number of carbonyl (C=O) groups is 1. The zero-order valence-corrected chi connectivity index (χ0v) is 12.9. The van der Waals surface area contributed by atoms with Crippen LogP contribution in [0.5, 0.6) is 0 Å². The first-order valence-electron chi connectivity index (χ1n) is 7.00. The van der Waals surface area contributed by atoms with E-state index in [2.05, 4.69) is 41.6 Å². The lowest BCUT2D eigenvalue weighted by Gasteiger charge is -2.15. The van der Waals surface area contributed by atoms with Gasteiger partial charge in [0, 0.05) is 17.7 Å². The van der Waals surface area contributed by atoms with Crippen molar-refractivity contribution in [3.8, 4) is 0 Å². The molecule has 20 heavy (non-hydrogen) atoms. The number of ether oxygens (including phenoxy) is 1. The van der Waals surface area contributed by atoms with Crippen LogP contribution in [-0.2, 0) is 16.1 Å². The molecule has 0 N–H and O–H groups in total. The highest BCUT2D eigenvalue weighted by Gasteiger charge is 2.07. The maximum absolute atomic E-state index is 11.3. The molecule has 1 heterocycles. The van der Waals surface area contributed by atoms with Crippen LogP contribution < -0.4 is 0 Å². The molecule has 0 amide bonds. The molecule has 0 fully saturated rings. The molecule has 2 rings (SSSR count). The van der Waals surface area contributed by atoms with Crippen LogP contribution in [-0.4, -0.2) is 31.1 Å². The highest BCUT2D eigenvalue weighted by molar-refractivity contribution is 7.17. The van der Waals surface area contributed by atoms with E-state index in [1.807, 2.05) is 6.92 Å². The summed E-state index contributed by atoms with van der Waals surface area (Å²) in [6.07, 6.45) is 1.35. The standard InChI is InChI=1S/C16H21NO2S/c1-3-19-16(18)9-6-10-17(2)11-13-12-20-15-8-5-4-7-14(13)15/h4-5,7-8,12H,3,6,9-11H2,1-2H3. The molecule has 1 aromatic heterocycles. The average Bonchev–Trinajstić information content (AvgIpc) is 2.83. The Kier molecular flexibility index (Phi) is 5.56. The lowest BCUT2D eigenvalue weighted by molar-refractivity contribution is -0.143. The van der Waals surface area contributed by atoms with E-state index in [1.54, 1.807) is 11.3 Å². The molecular formula is C16H21NO2S. The van der Waals surface area contributed by atoms with Crippen molar-refractivity contribution in [3.05, 3.63) is 35.2 Å². The number of fused-ring (bicyclic) bond motifs is 1. The molecule has 0 radical (unpaired) electrons. The van der Waals surface area contributed by atoms with Gasteiger partial charge in [-0.15, -0.1) is 11.3 Å². The SMILES string of the molecule is CCOC(=O)CCCN(C)Cc1csc2ccccc12. The van der Waals surface area contributed by atoms with Gasteiger partial charge in [0.15, 0.2) is 0 Å². The minimum absolute atomic E-state index is 0.0955. The Morgan fingerprint density at radius 2 is 2.15 bits per heavy atom. The maximum Gasteiger partial charge on any atom is 0.305 e. The van der Waals surface area contributed by atoms with Gasteiger partial charge in [-0.2, -0.15) is 0 Å². The Bertz CT molecular complexity index is 564. The van der Waals surface area contributed by atoms with Crippen molar-refractivity contribution in [1.29, 1.82) is 0 Å². The van der Waals surface area contributed by atoms with Crippen molar-refractivity contribution in [2.24, 2.45) is 0 Å². The minimum atomic E-state index is -0.0955. The molecule has 0 saturated heterocycles. The Labute approximate surface area is 124 Å². The van der Waals surface area contributed by atoms with Crippen molar-refractivity contribution < 1.29 is 9.53 Å². The average molecular weight is 291 g/mol. The number of rotatable bonds is 7. The highest BCUT2D eigenvalue weighted by Crippen LogP contribution is 2.26. The lowest BCUT2D eigenvalue weighted by Crippen LogP contribution is -2.20. The molecule has 0 aliphatic carbocycles. The van der Waals surface area contributed by atoms with Crippen molar-refractivity contribution in [2.75, 3.05) is 20.2 Å². The molecule has 0 spiro atoms. The first-order chi connectivity index (χ1) is 9.70. The second-order valence-corrected chi connectivity index (χ2v) is 5.81. The summed E-state index contributed by atoms with van der Waals surface area (Å²) in [6, 6.07) is 8.49. The fraction of sp³-hybridized carbons (Fsp3) is 0.438. The van der Waals surface area contributed by atoms with E-state index in [-0.39, 0.29) is 5.97 Å².